The van der Waals surface area contributed by atoms with E-state index in [1.54, 1.807) is 0 Å². The minimum absolute atomic E-state index is 0.190. The summed E-state index contributed by atoms with van der Waals surface area (Å²) in [6.07, 6.45) is 24.2. The third kappa shape index (κ3) is 18.3. The molecule has 0 bridgehead atoms. The lowest BCUT2D eigenvalue weighted by Gasteiger charge is -1.99. The van der Waals surface area contributed by atoms with Crippen LogP contribution in [0.5, 0.6) is 0 Å². The Hall–Kier alpha value is -0.340. The summed E-state index contributed by atoms with van der Waals surface area (Å²) < 4.78 is 0. The minimum Gasteiger partial charge on any atom is -0.396 e. The molecule has 0 heterocycles. The van der Waals surface area contributed by atoms with Crippen LogP contribution in [-0.4, -0.2) is 23.4 Å². The largest absolute Gasteiger partial charge is 0.396 e. The summed E-state index contributed by atoms with van der Waals surface area (Å²) in [4.78, 5) is 0. The maximum Gasteiger partial charge on any atom is 0.0612 e. The third-order valence-electron chi connectivity index (χ3n) is 5.23. The molecule has 0 spiro atoms. The molecule has 0 aromatic carbocycles. The fourth-order valence-electron chi connectivity index (χ4n) is 3.31. The SMILES string of the molecule is CCCCCCCC/C=C/CO.CCCCCCCC[C@H]1C[C@@H]1CO. The monoisotopic (exact) mass is 354 g/mol. The fourth-order valence-corrected chi connectivity index (χ4v) is 3.31. The molecule has 1 rings (SSSR count). The zero-order valence-corrected chi connectivity index (χ0v) is 17.2. The number of unbranched alkanes of at least 4 members (excludes halogenated alkanes) is 11. The van der Waals surface area contributed by atoms with Crippen LogP contribution in [0.25, 0.3) is 0 Å². The van der Waals surface area contributed by atoms with Gasteiger partial charge in [0.15, 0.2) is 0 Å². The average Bonchev–Trinajstić information content (AvgIpc) is 3.39. The zero-order chi connectivity index (χ0) is 18.6. The van der Waals surface area contributed by atoms with Gasteiger partial charge in [0.1, 0.15) is 0 Å². The molecule has 150 valence electrons. The summed E-state index contributed by atoms with van der Waals surface area (Å²) in [5.41, 5.74) is 0. The van der Waals surface area contributed by atoms with E-state index in [-0.39, 0.29) is 6.61 Å². The lowest BCUT2D eigenvalue weighted by atomic mass is 10.1. The first-order chi connectivity index (χ1) is 12.3. The molecule has 2 N–H and O–H groups in total. The van der Waals surface area contributed by atoms with Crippen molar-refractivity contribution in [2.45, 2.75) is 110 Å². The summed E-state index contributed by atoms with van der Waals surface area (Å²) >= 11 is 0. The predicted octanol–water partition coefficient (Wildman–Crippen LogP) is 6.65. The summed E-state index contributed by atoms with van der Waals surface area (Å²) in [7, 11) is 0. The van der Waals surface area contributed by atoms with Crippen molar-refractivity contribution in [2.24, 2.45) is 11.8 Å². The highest BCUT2D eigenvalue weighted by Crippen LogP contribution is 2.41. The second-order valence-corrected chi connectivity index (χ2v) is 7.71. The molecule has 2 atom stereocenters. The van der Waals surface area contributed by atoms with Gasteiger partial charge in [-0.15, -0.1) is 0 Å². The van der Waals surface area contributed by atoms with E-state index in [0.29, 0.717) is 12.5 Å². The van der Waals surface area contributed by atoms with Gasteiger partial charge in [0, 0.05) is 6.61 Å². The zero-order valence-electron chi connectivity index (χ0n) is 17.2. The minimum atomic E-state index is 0.190. The topological polar surface area (TPSA) is 40.5 Å². The van der Waals surface area contributed by atoms with Crippen molar-refractivity contribution in [3.05, 3.63) is 12.2 Å². The lowest BCUT2D eigenvalue weighted by molar-refractivity contribution is 0.267. The first-order valence-electron chi connectivity index (χ1n) is 11.2. The van der Waals surface area contributed by atoms with E-state index in [2.05, 4.69) is 19.9 Å². The molecule has 0 aromatic heterocycles. The van der Waals surface area contributed by atoms with Crippen molar-refractivity contribution in [3.8, 4) is 0 Å². The molecule has 0 aromatic rings. The van der Waals surface area contributed by atoms with Gasteiger partial charge < -0.3 is 10.2 Å². The Morgan fingerprint density at radius 2 is 1.24 bits per heavy atom. The van der Waals surface area contributed by atoms with Crippen LogP contribution in [0.3, 0.4) is 0 Å². The maximum absolute atomic E-state index is 8.85. The number of hydrogen-bond acceptors (Lipinski definition) is 2. The Labute approximate surface area is 158 Å². The smallest absolute Gasteiger partial charge is 0.0612 e. The van der Waals surface area contributed by atoms with Crippen molar-refractivity contribution < 1.29 is 10.2 Å². The average molecular weight is 355 g/mol. The fraction of sp³-hybridized carbons (Fsp3) is 0.913. The maximum atomic E-state index is 8.85. The number of aliphatic hydroxyl groups is 2. The van der Waals surface area contributed by atoms with Gasteiger partial charge >= 0.3 is 0 Å². The molecule has 1 fully saturated rings. The predicted molar refractivity (Wildman–Crippen MR) is 111 cm³/mol. The molecule has 0 amide bonds. The van der Waals surface area contributed by atoms with Gasteiger partial charge in [0.25, 0.3) is 0 Å². The Kier molecular flexibility index (Phi) is 19.7. The van der Waals surface area contributed by atoms with Crippen LogP contribution in [0.4, 0.5) is 0 Å². The molecular formula is C23H46O2. The van der Waals surface area contributed by atoms with Crippen LogP contribution in [-0.2, 0) is 0 Å². The molecule has 2 nitrogen and oxygen atoms in total. The van der Waals surface area contributed by atoms with Gasteiger partial charge in [-0.25, -0.2) is 0 Å². The first-order valence-corrected chi connectivity index (χ1v) is 11.2. The number of allylic oxidation sites excluding steroid dienone is 1. The van der Waals surface area contributed by atoms with Crippen molar-refractivity contribution in [1.29, 1.82) is 0 Å². The van der Waals surface area contributed by atoms with Crippen molar-refractivity contribution in [2.75, 3.05) is 13.2 Å². The molecule has 1 aliphatic carbocycles. The van der Waals surface area contributed by atoms with E-state index < -0.39 is 0 Å². The van der Waals surface area contributed by atoms with Crippen LogP contribution in [0.1, 0.15) is 110 Å². The second-order valence-electron chi connectivity index (χ2n) is 7.71. The summed E-state index contributed by atoms with van der Waals surface area (Å²) in [5, 5.41) is 17.3. The molecule has 1 saturated carbocycles. The Bertz CT molecular complexity index is 275. The third-order valence-corrected chi connectivity index (χ3v) is 5.23. The van der Waals surface area contributed by atoms with Gasteiger partial charge in [-0.2, -0.15) is 0 Å². The Morgan fingerprint density at radius 3 is 1.76 bits per heavy atom. The van der Waals surface area contributed by atoms with E-state index >= 15 is 0 Å². The van der Waals surface area contributed by atoms with E-state index in [9.17, 15) is 0 Å². The molecule has 25 heavy (non-hydrogen) atoms. The van der Waals surface area contributed by atoms with E-state index in [4.69, 9.17) is 10.2 Å². The highest BCUT2D eigenvalue weighted by Gasteiger charge is 2.34. The molecule has 0 unspecified atom stereocenters. The van der Waals surface area contributed by atoms with Gasteiger partial charge in [-0.05, 0) is 31.1 Å². The van der Waals surface area contributed by atoms with Crippen LogP contribution in [0, 0.1) is 11.8 Å². The number of hydrogen-bond donors (Lipinski definition) is 2. The highest BCUT2D eigenvalue weighted by molar-refractivity contribution is 4.85. The van der Waals surface area contributed by atoms with Crippen LogP contribution in [0.15, 0.2) is 12.2 Å². The molecule has 0 saturated heterocycles. The lowest BCUT2D eigenvalue weighted by Crippen LogP contribution is -1.89. The number of aliphatic hydroxyl groups excluding tert-OH is 2. The van der Waals surface area contributed by atoms with Crippen molar-refractivity contribution in [3.63, 3.8) is 0 Å². The van der Waals surface area contributed by atoms with Gasteiger partial charge in [0.2, 0.25) is 0 Å². The van der Waals surface area contributed by atoms with Crippen LogP contribution < -0.4 is 0 Å². The molecule has 0 radical (unpaired) electrons. The second kappa shape index (κ2) is 20.0. The first kappa shape index (κ1) is 24.7. The van der Waals surface area contributed by atoms with Crippen LogP contribution >= 0.6 is 0 Å². The Balaban J connectivity index is 0.000000463. The van der Waals surface area contributed by atoms with E-state index in [1.807, 2.05) is 6.08 Å². The van der Waals surface area contributed by atoms with E-state index in [0.717, 1.165) is 12.3 Å². The van der Waals surface area contributed by atoms with Gasteiger partial charge in [0.05, 0.1) is 6.61 Å². The highest BCUT2D eigenvalue weighted by atomic mass is 16.3. The van der Waals surface area contributed by atoms with E-state index in [1.165, 1.54) is 89.9 Å². The van der Waals surface area contributed by atoms with Gasteiger partial charge in [-0.1, -0.05) is 103 Å². The summed E-state index contributed by atoms with van der Waals surface area (Å²) in [6.45, 7) is 5.12. The normalized spacial score (nSPS) is 19.0. The molecule has 0 aliphatic heterocycles. The number of rotatable bonds is 16. The quantitative estimate of drug-likeness (QED) is 0.240. The van der Waals surface area contributed by atoms with Crippen molar-refractivity contribution >= 4 is 0 Å². The van der Waals surface area contributed by atoms with Crippen molar-refractivity contribution in [1.82, 2.24) is 0 Å². The molecule has 2 heteroatoms. The summed E-state index contributed by atoms with van der Waals surface area (Å²) in [5.74, 6) is 1.56. The molecule has 1 aliphatic rings. The Morgan fingerprint density at radius 1 is 0.680 bits per heavy atom. The standard InChI is InChI=1S/C12H24O.C11H22O/c1-2-3-4-5-6-7-8-11-9-12(11)10-13;1-2-3-4-5-6-7-8-9-10-11-12/h11-13H,2-10H2,1H3;9-10,12H,2-8,11H2,1H3/b;10-9+/t11-,12+;/m0./s1. The van der Waals surface area contributed by atoms with Crippen LogP contribution in [0.2, 0.25) is 0 Å². The van der Waals surface area contributed by atoms with Gasteiger partial charge in [-0.3, -0.25) is 0 Å². The molecular weight excluding hydrogens is 308 g/mol. The summed E-state index contributed by atoms with van der Waals surface area (Å²) in [6, 6.07) is 0.